The third kappa shape index (κ3) is 3.11. The molecule has 0 unspecified atom stereocenters. The molecule has 0 atom stereocenters. The number of aromatic hydroxyl groups is 2. The van der Waals surface area contributed by atoms with E-state index in [9.17, 15) is 10.2 Å². The lowest BCUT2D eigenvalue weighted by atomic mass is 10.2. The molecule has 1 aromatic heterocycles. The maximum atomic E-state index is 9.23. The fraction of sp³-hybridized carbons (Fsp3) is 0.0667. The molecule has 0 saturated carbocycles. The minimum absolute atomic E-state index is 0. The standard InChI is InChI=1S/C14H10N4O2.CH4/c19-11-5-1-9(2-6-11)13-15-17-14(18-16-13)10-3-7-12(20)8-4-10;/h1-8,19-20H;1H4. The van der Waals surface area contributed by atoms with E-state index in [2.05, 4.69) is 20.4 Å². The Labute approximate surface area is 121 Å². The molecule has 0 aliphatic carbocycles. The second-order valence-electron chi connectivity index (χ2n) is 4.14. The minimum Gasteiger partial charge on any atom is -0.508 e. The van der Waals surface area contributed by atoms with E-state index in [1.54, 1.807) is 48.5 Å². The first-order valence-electron chi connectivity index (χ1n) is 5.88. The summed E-state index contributed by atoms with van der Waals surface area (Å²) in [4.78, 5) is 0. The zero-order valence-electron chi connectivity index (χ0n) is 10.3. The molecule has 0 amide bonds. The van der Waals surface area contributed by atoms with Crippen LogP contribution in [0.2, 0.25) is 0 Å². The van der Waals surface area contributed by atoms with Crippen LogP contribution in [0.1, 0.15) is 7.43 Å². The van der Waals surface area contributed by atoms with Gasteiger partial charge in [0.25, 0.3) is 0 Å². The molecule has 0 aliphatic heterocycles. The second-order valence-corrected chi connectivity index (χ2v) is 4.14. The van der Waals surface area contributed by atoms with Gasteiger partial charge in [0.1, 0.15) is 11.5 Å². The Bertz CT molecular complexity index is 646. The summed E-state index contributed by atoms with van der Waals surface area (Å²) in [7, 11) is 0. The van der Waals surface area contributed by atoms with Crippen molar-refractivity contribution in [2.45, 2.75) is 7.43 Å². The van der Waals surface area contributed by atoms with Crippen LogP contribution in [0.15, 0.2) is 48.5 Å². The summed E-state index contributed by atoms with van der Waals surface area (Å²) < 4.78 is 0. The quantitative estimate of drug-likeness (QED) is 0.750. The second kappa shape index (κ2) is 5.96. The van der Waals surface area contributed by atoms with Crippen LogP contribution >= 0.6 is 0 Å². The topological polar surface area (TPSA) is 92.0 Å². The Morgan fingerprint density at radius 1 is 0.524 bits per heavy atom. The number of nitrogens with zero attached hydrogens (tertiary/aromatic N) is 4. The van der Waals surface area contributed by atoms with E-state index in [1.165, 1.54) is 0 Å². The van der Waals surface area contributed by atoms with Gasteiger partial charge in [-0.15, -0.1) is 20.4 Å². The minimum atomic E-state index is 0. The molecule has 0 bridgehead atoms. The van der Waals surface area contributed by atoms with Gasteiger partial charge in [-0.1, -0.05) is 7.43 Å². The predicted molar refractivity (Wildman–Crippen MR) is 78.6 cm³/mol. The molecule has 2 aromatic carbocycles. The van der Waals surface area contributed by atoms with E-state index in [0.29, 0.717) is 11.6 Å². The van der Waals surface area contributed by atoms with E-state index in [4.69, 9.17) is 0 Å². The molecule has 1 heterocycles. The Hall–Kier alpha value is -3.02. The van der Waals surface area contributed by atoms with Crippen molar-refractivity contribution in [3.63, 3.8) is 0 Å². The zero-order chi connectivity index (χ0) is 13.9. The first-order valence-corrected chi connectivity index (χ1v) is 5.88. The van der Waals surface area contributed by atoms with Gasteiger partial charge >= 0.3 is 0 Å². The molecule has 0 fully saturated rings. The van der Waals surface area contributed by atoms with Crippen LogP contribution in [-0.2, 0) is 0 Å². The van der Waals surface area contributed by atoms with E-state index < -0.39 is 0 Å². The Morgan fingerprint density at radius 3 is 1.10 bits per heavy atom. The van der Waals surface area contributed by atoms with E-state index >= 15 is 0 Å². The fourth-order valence-corrected chi connectivity index (χ4v) is 1.68. The number of phenolic OH excluding ortho intramolecular Hbond substituents is 2. The molecule has 0 spiro atoms. The average molecular weight is 282 g/mol. The molecule has 6 nitrogen and oxygen atoms in total. The number of benzene rings is 2. The number of hydrogen-bond acceptors (Lipinski definition) is 6. The van der Waals surface area contributed by atoms with Gasteiger partial charge in [0.15, 0.2) is 0 Å². The molecule has 106 valence electrons. The molecule has 2 N–H and O–H groups in total. The lowest BCUT2D eigenvalue weighted by Crippen LogP contribution is -1.99. The highest BCUT2D eigenvalue weighted by atomic mass is 16.3. The van der Waals surface area contributed by atoms with Gasteiger partial charge in [-0.2, -0.15) is 0 Å². The molecule has 0 saturated heterocycles. The highest BCUT2D eigenvalue weighted by molar-refractivity contribution is 5.58. The van der Waals surface area contributed by atoms with Crippen molar-refractivity contribution in [2.24, 2.45) is 0 Å². The molecule has 6 heteroatoms. The molecule has 21 heavy (non-hydrogen) atoms. The van der Waals surface area contributed by atoms with Crippen LogP contribution < -0.4 is 0 Å². The van der Waals surface area contributed by atoms with Crippen LogP contribution in [0.3, 0.4) is 0 Å². The molecule has 3 aromatic rings. The number of aromatic nitrogens is 4. The van der Waals surface area contributed by atoms with Gasteiger partial charge in [0.2, 0.25) is 11.6 Å². The average Bonchev–Trinajstić information content (AvgIpc) is 2.49. The number of rotatable bonds is 2. The monoisotopic (exact) mass is 282 g/mol. The highest BCUT2D eigenvalue weighted by Crippen LogP contribution is 2.20. The lowest BCUT2D eigenvalue weighted by molar-refractivity contribution is 0.475. The first kappa shape index (κ1) is 14.4. The van der Waals surface area contributed by atoms with Gasteiger partial charge in [-0.3, -0.25) is 0 Å². The van der Waals surface area contributed by atoms with Gasteiger partial charge in [-0.05, 0) is 48.5 Å². The smallest absolute Gasteiger partial charge is 0.203 e. The summed E-state index contributed by atoms with van der Waals surface area (Å²) in [6.45, 7) is 0. The van der Waals surface area contributed by atoms with Gasteiger partial charge in [-0.25, -0.2) is 0 Å². The van der Waals surface area contributed by atoms with Crippen LogP contribution in [0.25, 0.3) is 22.8 Å². The summed E-state index contributed by atoms with van der Waals surface area (Å²) in [6.07, 6.45) is 0. The number of phenols is 2. The maximum absolute atomic E-state index is 9.23. The van der Waals surface area contributed by atoms with Crippen LogP contribution in [0.4, 0.5) is 0 Å². The fourth-order valence-electron chi connectivity index (χ4n) is 1.68. The maximum Gasteiger partial charge on any atom is 0.203 e. The van der Waals surface area contributed by atoms with E-state index in [0.717, 1.165) is 11.1 Å². The summed E-state index contributed by atoms with van der Waals surface area (Å²) in [5.74, 6) is 1.12. The Balaban J connectivity index is 0.00000161. The van der Waals surface area contributed by atoms with Crippen molar-refractivity contribution in [3.8, 4) is 34.3 Å². The zero-order valence-corrected chi connectivity index (χ0v) is 10.3. The largest absolute Gasteiger partial charge is 0.508 e. The van der Waals surface area contributed by atoms with E-state index in [-0.39, 0.29) is 18.9 Å². The highest BCUT2D eigenvalue weighted by Gasteiger charge is 2.06. The van der Waals surface area contributed by atoms with Crippen LogP contribution in [-0.4, -0.2) is 30.6 Å². The van der Waals surface area contributed by atoms with Crippen molar-refractivity contribution in [1.29, 1.82) is 0 Å². The third-order valence-corrected chi connectivity index (χ3v) is 2.73. The van der Waals surface area contributed by atoms with Crippen molar-refractivity contribution in [2.75, 3.05) is 0 Å². The van der Waals surface area contributed by atoms with E-state index in [1.807, 2.05) is 0 Å². The summed E-state index contributed by atoms with van der Waals surface area (Å²) >= 11 is 0. The molecule has 0 aliphatic rings. The van der Waals surface area contributed by atoms with Crippen molar-refractivity contribution in [3.05, 3.63) is 48.5 Å². The first-order chi connectivity index (χ1) is 9.72. The SMILES string of the molecule is C.Oc1ccc(-c2nnc(-c3ccc(O)cc3)nn2)cc1. The third-order valence-electron chi connectivity index (χ3n) is 2.73. The Kier molecular flexibility index (Phi) is 4.08. The Morgan fingerprint density at radius 2 is 0.810 bits per heavy atom. The van der Waals surface area contributed by atoms with Gasteiger partial charge in [0.05, 0.1) is 0 Å². The van der Waals surface area contributed by atoms with Gasteiger partial charge in [0, 0.05) is 11.1 Å². The van der Waals surface area contributed by atoms with Crippen LogP contribution in [0, 0.1) is 0 Å². The molecular weight excluding hydrogens is 268 g/mol. The van der Waals surface area contributed by atoms with Crippen molar-refractivity contribution < 1.29 is 10.2 Å². The predicted octanol–water partition coefficient (Wildman–Crippen LogP) is 2.65. The normalized spacial score (nSPS) is 9.90. The van der Waals surface area contributed by atoms with Crippen molar-refractivity contribution in [1.82, 2.24) is 20.4 Å². The lowest BCUT2D eigenvalue weighted by Gasteiger charge is -2.01. The molecule has 3 rings (SSSR count). The van der Waals surface area contributed by atoms with Crippen LogP contribution in [0.5, 0.6) is 11.5 Å². The summed E-state index contributed by atoms with van der Waals surface area (Å²) in [5.41, 5.74) is 1.44. The summed E-state index contributed by atoms with van der Waals surface area (Å²) in [6, 6.07) is 12.9. The van der Waals surface area contributed by atoms with Crippen molar-refractivity contribution >= 4 is 0 Å². The molecule has 0 radical (unpaired) electrons. The summed E-state index contributed by atoms with van der Waals surface area (Å²) in [5, 5.41) is 34.5. The van der Waals surface area contributed by atoms with Gasteiger partial charge < -0.3 is 10.2 Å². The molecular formula is C15H14N4O2. The number of hydrogen-bond donors (Lipinski definition) is 2.